The largest absolute Gasteiger partial charge is 0.493 e. The van der Waals surface area contributed by atoms with Crippen LogP contribution in [-0.2, 0) is 22.4 Å². The number of rotatable bonds is 5. The van der Waals surface area contributed by atoms with Gasteiger partial charge in [-0.3, -0.25) is 0 Å². The van der Waals surface area contributed by atoms with Crippen molar-refractivity contribution < 1.29 is 19.4 Å². The summed E-state index contributed by atoms with van der Waals surface area (Å²) in [5.41, 5.74) is 13.0. The number of carbonyl (C=O) groups is 1. The summed E-state index contributed by atoms with van der Waals surface area (Å²) in [5.74, 6) is -0.105. The van der Waals surface area contributed by atoms with Crippen LogP contribution in [0.4, 0.5) is 5.69 Å². The summed E-state index contributed by atoms with van der Waals surface area (Å²) in [5, 5.41) is 10.1. The second-order valence-electron chi connectivity index (χ2n) is 9.01. The molecule has 30 heavy (non-hydrogen) atoms. The van der Waals surface area contributed by atoms with Crippen LogP contribution in [0.3, 0.4) is 0 Å². The molecule has 1 atom stereocenters. The number of nitrogen functional groups attached to an aromatic ring is 1. The molecule has 1 unspecified atom stereocenters. The van der Waals surface area contributed by atoms with Crippen LogP contribution >= 0.6 is 0 Å². The van der Waals surface area contributed by atoms with Gasteiger partial charge in [0.15, 0.2) is 6.10 Å². The number of hydrogen-bond donors (Lipinski definition) is 2. The summed E-state index contributed by atoms with van der Waals surface area (Å²) in [6.07, 6.45) is 1.60. The molecule has 0 radical (unpaired) electrons. The zero-order valence-corrected chi connectivity index (χ0v) is 18.9. The Morgan fingerprint density at radius 3 is 2.57 bits per heavy atom. The SMILES string of the molecule is CCc1c(C)c(-c2ccc3c(c2)CCCO3)c(C(OC(C)(C)C)C(=O)O)c(C)c1N. The molecule has 2 aromatic rings. The minimum atomic E-state index is -1.11. The van der Waals surface area contributed by atoms with Crippen LogP contribution in [0.1, 0.15) is 68.0 Å². The number of carboxylic acid groups (broad SMARTS) is 1. The average molecular weight is 412 g/mol. The van der Waals surface area contributed by atoms with E-state index in [0.717, 1.165) is 65.0 Å². The highest BCUT2D eigenvalue weighted by Crippen LogP contribution is 2.43. The maximum absolute atomic E-state index is 12.3. The van der Waals surface area contributed by atoms with Crippen LogP contribution in [0.2, 0.25) is 0 Å². The minimum Gasteiger partial charge on any atom is -0.493 e. The Labute approximate surface area is 179 Å². The topological polar surface area (TPSA) is 81.8 Å². The van der Waals surface area contributed by atoms with Crippen molar-refractivity contribution in [1.29, 1.82) is 0 Å². The molecule has 0 spiro atoms. The highest BCUT2D eigenvalue weighted by molar-refractivity contribution is 5.86. The molecule has 1 aliphatic heterocycles. The maximum atomic E-state index is 12.3. The Kier molecular flexibility index (Phi) is 6.14. The molecule has 162 valence electrons. The summed E-state index contributed by atoms with van der Waals surface area (Å²) in [7, 11) is 0. The van der Waals surface area contributed by atoms with E-state index in [-0.39, 0.29) is 0 Å². The summed E-state index contributed by atoms with van der Waals surface area (Å²) >= 11 is 0. The lowest BCUT2D eigenvalue weighted by molar-refractivity contribution is -0.160. The summed E-state index contributed by atoms with van der Waals surface area (Å²) in [6.45, 7) is 12.3. The second-order valence-corrected chi connectivity index (χ2v) is 9.01. The van der Waals surface area contributed by atoms with Crippen molar-refractivity contribution in [3.8, 4) is 16.9 Å². The Bertz CT molecular complexity index is 972. The number of anilines is 1. The lowest BCUT2D eigenvalue weighted by atomic mass is 9.83. The molecule has 0 fully saturated rings. The normalized spacial score (nSPS) is 14.7. The van der Waals surface area contributed by atoms with Gasteiger partial charge in [-0.2, -0.15) is 0 Å². The Balaban J connectivity index is 2.32. The van der Waals surface area contributed by atoms with E-state index < -0.39 is 17.7 Å². The van der Waals surface area contributed by atoms with Crippen molar-refractivity contribution in [3.63, 3.8) is 0 Å². The van der Waals surface area contributed by atoms with E-state index in [4.69, 9.17) is 15.2 Å². The van der Waals surface area contributed by atoms with E-state index in [1.54, 1.807) is 0 Å². The number of nitrogens with two attached hydrogens (primary N) is 1. The molecule has 5 nitrogen and oxygen atoms in total. The van der Waals surface area contributed by atoms with Crippen molar-refractivity contribution in [3.05, 3.63) is 46.0 Å². The third-order valence-electron chi connectivity index (χ3n) is 5.74. The zero-order valence-electron chi connectivity index (χ0n) is 18.9. The molecular weight excluding hydrogens is 378 g/mol. The Hall–Kier alpha value is -2.53. The van der Waals surface area contributed by atoms with Crippen LogP contribution in [-0.4, -0.2) is 23.3 Å². The molecule has 0 bridgehead atoms. The highest BCUT2D eigenvalue weighted by atomic mass is 16.5. The Morgan fingerprint density at radius 2 is 1.97 bits per heavy atom. The number of carboxylic acids is 1. The zero-order chi connectivity index (χ0) is 22.2. The van der Waals surface area contributed by atoms with Gasteiger partial charge in [0, 0.05) is 11.3 Å². The fourth-order valence-electron chi connectivity index (χ4n) is 4.37. The van der Waals surface area contributed by atoms with Gasteiger partial charge < -0.3 is 20.3 Å². The molecule has 1 aliphatic rings. The molecule has 0 amide bonds. The van der Waals surface area contributed by atoms with Gasteiger partial charge >= 0.3 is 5.97 Å². The van der Waals surface area contributed by atoms with Crippen LogP contribution in [0.5, 0.6) is 5.75 Å². The van der Waals surface area contributed by atoms with Crippen LogP contribution < -0.4 is 10.5 Å². The van der Waals surface area contributed by atoms with Gasteiger partial charge in [0.1, 0.15) is 5.75 Å². The molecular formula is C25H33NO4. The van der Waals surface area contributed by atoms with Gasteiger partial charge in [-0.25, -0.2) is 4.79 Å². The van der Waals surface area contributed by atoms with E-state index in [9.17, 15) is 9.90 Å². The van der Waals surface area contributed by atoms with Crippen molar-refractivity contribution in [1.82, 2.24) is 0 Å². The minimum absolute atomic E-state index is 0.622. The molecule has 0 saturated carbocycles. The molecule has 1 heterocycles. The van der Waals surface area contributed by atoms with Crippen LogP contribution in [0.15, 0.2) is 18.2 Å². The van der Waals surface area contributed by atoms with E-state index in [0.29, 0.717) is 11.3 Å². The first kappa shape index (κ1) is 22.2. The second kappa shape index (κ2) is 8.31. The van der Waals surface area contributed by atoms with Crippen molar-refractivity contribution in [2.45, 2.75) is 72.5 Å². The van der Waals surface area contributed by atoms with Gasteiger partial charge in [-0.15, -0.1) is 0 Å². The molecule has 3 rings (SSSR count). The molecule has 2 aromatic carbocycles. The van der Waals surface area contributed by atoms with Crippen molar-refractivity contribution >= 4 is 11.7 Å². The molecule has 0 aliphatic carbocycles. The predicted octanol–water partition coefficient (Wildman–Crippen LogP) is 5.38. The third-order valence-corrected chi connectivity index (χ3v) is 5.74. The molecule has 0 aromatic heterocycles. The van der Waals surface area contributed by atoms with Crippen LogP contribution in [0.25, 0.3) is 11.1 Å². The third kappa shape index (κ3) is 4.17. The standard InChI is InChI=1S/C25H33NO4/c1-7-18-14(2)20(17-10-11-19-16(13-17)9-8-12-29-19)21(15(3)22(18)26)23(24(27)28)30-25(4,5)6/h10-11,13,23H,7-9,12,26H2,1-6H3,(H,27,28). The highest BCUT2D eigenvalue weighted by Gasteiger charge is 2.33. The Morgan fingerprint density at radius 1 is 1.27 bits per heavy atom. The van der Waals surface area contributed by atoms with Gasteiger partial charge in [0.05, 0.1) is 12.2 Å². The number of fused-ring (bicyclic) bond motifs is 1. The van der Waals surface area contributed by atoms with E-state index in [2.05, 4.69) is 13.0 Å². The van der Waals surface area contributed by atoms with E-state index in [1.165, 1.54) is 0 Å². The van der Waals surface area contributed by atoms with Gasteiger partial charge in [0.25, 0.3) is 0 Å². The first-order chi connectivity index (χ1) is 14.0. The fourth-order valence-corrected chi connectivity index (χ4v) is 4.37. The molecule has 0 saturated heterocycles. The molecule has 5 heteroatoms. The van der Waals surface area contributed by atoms with E-state index in [1.807, 2.05) is 46.8 Å². The fraction of sp³-hybridized carbons (Fsp3) is 0.480. The van der Waals surface area contributed by atoms with Gasteiger partial charge in [0.2, 0.25) is 0 Å². The van der Waals surface area contributed by atoms with E-state index >= 15 is 0 Å². The number of aryl methyl sites for hydroxylation is 1. The first-order valence-corrected chi connectivity index (χ1v) is 10.6. The first-order valence-electron chi connectivity index (χ1n) is 10.6. The van der Waals surface area contributed by atoms with Gasteiger partial charge in [-0.1, -0.05) is 13.0 Å². The molecule has 3 N–H and O–H groups in total. The van der Waals surface area contributed by atoms with Crippen LogP contribution in [0, 0.1) is 13.8 Å². The lowest BCUT2D eigenvalue weighted by Gasteiger charge is -2.30. The number of hydrogen-bond acceptors (Lipinski definition) is 4. The summed E-state index contributed by atoms with van der Waals surface area (Å²) in [4.78, 5) is 12.3. The number of ether oxygens (including phenoxy) is 2. The van der Waals surface area contributed by atoms with Crippen molar-refractivity contribution in [2.75, 3.05) is 12.3 Å². The summed E-state index contributed by atoms with van der Waals surface area (Å²) < 4.78 is 11.8. The van der Waals surface area contributed by atoms with Crippen molar-refractivity contribution in [2.24, 2.45) is 0 Å². The monoisotopic (exact) mass is 411 g/mol. The number of benzene rings is 2. The maximum Gasteiger partial charge on any atom is 0.337 e. The summed E-state index contributed by atoms with van der Waals surface area (Å²) in [6, 6.07) is 6.14. The average Bonchev–Trinajstić information content (AvgIpc) is 2.68. The quantitative estimate of drug-likeness (QED) is 0.646. The predicted molar refractivity (Wildman–Crippen MR) is 120 cm³/mol. The lowest BCUT2D eigenvalue weighted by Crippen LogP contribution is -2.28. The van der Waals surface area contributed by atoms with Gasteiger partial charge in [-0.05, 0) is 99.4 Å². The number of aliphatic carboxylic acids is 1. The smallest absolute Gasteiger partial charge is 0.337 e.